The molecule has 1 N–H and O–H groups in total. The molecule has 0 heterocycles. The van der Waals surface area contributed by atoms with E-state index in [2.05, 4.69) is 29.2 Å². The molecule has 0 aliphatic heterocycles. The molecule has 0 bridgehead atoms. The van der Waals surface area contributed by atoms with Gasteiger partial charge in [0.25, 0.3) is 0 Å². The van der Waals surface area contributed by atoms with Crippen molar-refractivity contribution < 1.29 is 5.11 Å². The van der Waals surface area contributed by atoms with Crippen molar-refractivity contribution in [2.75, 3.05) is 4.90 Å². The van der Waals surface area contributed by atoms with Gasteiger partial charge in [-0.2, -0.15) is 0 Å². The monoisotopic (exact) mass is 253 g/mol. The highest BCUT2D eigenvalue weighted by atomic mass is 16.3. The molecule has 0 radical (unpaired) electrons. The molecule has 2 aromatic carbocycles. The van der Waals surface area contributed by atoms with Crippen molar-refractivity contribution in [3.63, 3.8) is 0 Å². The fraction of sp³-hybridized carbons (Fsp3) is 0.294. The largest absolute Gasteiger partial charge is 0.391 e. The molecule has 0 unspecified atom stereocenters. The van der Waals surface area contributed by atoms with Crippen molar-refractivity contribution in [3.05, 3.63) is 60.7 Å². The van der Waals surface area contributed by atoms with Gasteiger partial charge in [0, 0.05) is 11.4 Å². The molecule has 3 rings (SSSR count). The molecule has 1 aliphatic carbocycles. The standard InChI is InChI=1S/C17H19NO/c19-17-13-7-12-16(17)18(14-8-3-1-4-9-14)15-10-5-2-6-11-15/h1-6,8-11,16-17,19H,7,12-13H2/t16-,17+/m1/s1. The summed E-state index contributed by atoms with van der Waals surface area (Å²) in [7, 11) is 0. The zero-order valence-electron chi connectivity index (χ0n) is 10.9. The van der Waals surface area contributed by atoms with Crippen LogP contribution < -0.4 is 4.90 Å². The first-order valence-corrected chi connectivity index (χ1v) is 6.93. The van der Waals surface area contributed by atoms with Crippen LogP contribution in [0.2, 0.25) is 0 Å². The molecule has 98 valence electrons. The number of hydrogen-bond donors (Lipinski definition) is 1. The molecule has 0 amide bonds. The smallest absolute Gasteiger partial charge is 0.0747 e. The zero-order valence-corrected chi connectivity index (χ0v) is 10.9. The average molecular weight is 253 g/mol. The van der Waals surface area contributed by atoms with Crippen LogP contribution in [0.5, 0.6) is 0 Å². The minimum atomic E-state index is -0.236. The highest BCUT2D eigenvalue weighted by molar-refractivity contribution is 5.64. The van der Waals surface area contributed by atoms with Crippen molar-refractivity contribution in [2.24, 2.45) is 0 Å². The number of para-hydroxylation sites is 2. The van der Waals surface area contributed by atoms with Crippen LogP contribution >= 0.6 is 0 Å². The number of aliphatic hydroxyl groups is 1. The van der Waals surface area contributed by atoms with E-state index in [-0.39, 0.29) is 12.1 Å². The van der Waals surface area contributed by atoms with Gasteiger partial charge in [-0.15, -0.1) is 0 Å². The van der Waals surface area contributed by atoms with Crippen LogP contribution in [0.1, 0.15) is 19.3 Å². The maximum atomic E-state index is 10.2. The lowest BCUT2D eigenvalue weighted by Gasteiger charge is -2.33. The van der Waals surface area contributed by atoms with Crippen molar-refractivity contribution >= 4 is 11.4 Å². The molecule has 2 aromatic rings. The molecule has 0 saturated heterocycles. The summed E-state index contributed by atoms with van der Waals surface area (Å²) in [5.41, 5.74) is 2.30. The van der Waals surface area contributed by atoms with Gasteiger partial charge in [0.15, 0.2) is 0 Å². The Labute approximate surface area is 114 Å². The van der Waals surface area contributed by atoms with Crippen LogP contribution in [-0.2, 0) is 0 Å². The predicted molar refractivity (Wildman–Crippen MR) is 78.7 cm³/mol. The first-order chi connectivity index (χ1) is 9.36. The van der Waals surface area contributed by atoms with E-state index in [4.69, 9.17) is 0 Å². The van der Waals surface area contributed by atoms with E-state index < -0.39 is 0 Å². The maximum absolute atomic E-state index is 10.2. The molecule has 0 spiro atoms. The van der Waals surface area contributed by atoms with Gasteiger partial charge in [-0.3, -0.25) is 0 Å². The SMILES string of the molecule is O[C@H]1CCC[C@H]1N(c1ccccc1)c1ccccc1. The van der Waals surface area contributed by atoms with E-state index in [1.54, 1.807) is 0 Å². The van der Waals surface area contributed by atoms with Gasteiger partial charge in [0.05, 0.1) is 12.1 Å². The Balaban J connectivity index is 2.01. The second kappa shape index (κ2) is 5.45. The summed E-state index contributed by atoms with van der Waals surface area (Å²) in [6.07, 6.45) is 2.81. The average Bonchev–Trinajstić information content (AvgIpc) is 2.88. The number of benzene rings is 2. The third-order valence-corrected chi connectivity index (χ3v) is 3.84. The van der Waals surface area contributed by atoms with Gasteiger partial charge in [-0.25, -0.2) is 0 Å². The first-order valence-electron chi connectivity index (χ1n) is 6.93. The van der Waals surface area contributed by atoms with Crippen LogP contribution in [-0.4, -0.2) is 17.3 Å². The fourth-order valence-electron chi connectivity index (χ4n) is 2.93. The minimum Gasteiger partial charge on any atom is -0.391 e. The van der Waals surface area contributed by atoms with E-state index >= 15 is 0 Å². The number of aliphatic hydroxyl groups excluding tert-OH is 1. The van der Waals surface area contributed by atoms with Crippen LogP contribution in [0.25, 0.3) is 0 Å². The first kappa shape index (κ1) is 12.2. The van der Waals surface area contributed by atoms with E-state index in [0.29, 0.717) is 0 Å². The normalized spacial score (nSPS) is 22.4. The molecular formula is C17H19NO. The molecule has 1 saturated carbocycles. The molecule has 2 atom stereocenters. The van der Waals surface area contributed by atoms with Crippen molar-refractivity contribution in [1.29, 1.82) is 0 Å². The number of hydrogen-bond acceptors (Lipinski definition) is 2. The minimum absolute atomic E-state index is 0.185. The van der Waals surface area contributed by atoms with Gasteiger partial charge in [0.1, 0.15) is 0 Å². The summed E-state index contributed by atoms with van der Waals surface area (Å²) in [5, 5.41) is 10.2. The zero-order chi connectivity index (χ0) is 13.1. The van der Waals surface area contributed by atoms with E-state index in [0.717, 1.165) is 30.6 Å². The Bertz CT molecular complexity index is 472. The summed E-state index contributed by atoms with van der Waals surface area (Å²) in [6, 6.07) is 20.9. The van der Waals surface area contributed by atoms with Crippen LogP contribution in [0.3, 0.4) is 0 Å². The van der Waals surface area contributed by atoms with Crippen LogP contribution in [0, 0.1) is 0 Å². The van der Waals surface area contributed by atoms with Gasteiger partial charge in [-0.1, -0.05) is 36.4 Å². The molecule has 19 heavy (non-hydrogen) atoms. The summed E-state index contributed by atoms with van der Waals surface area (Å²) in [6.45, 7) is 0. The number of anilines is 2. The van der Waals surface area contributed by atoms with Crippen molar-refractivity contribution in [3.8, 4) is 0 Å². The summed E-state index contributed by atoms with van der Waals surface area (Å²) in [4.78, 5) is 2.28. The predicted octanol–water partition coefficient (Wildman–Crippen LogP) is 3.74. The summed E-state index contributed by atoms with van der Waals surface area (Å²) >= 11 is 0. The van der Waals surface area contributed by atoms with E-state index in [1.165, 1.54) is 0 Å². The second-order valence-electron chi connectivity index (χ2n) is 5.11. The van der Waals surface area contributed by atoms with Crippen molar-refractivity contribution in [2.45, 2.75) is 31.4 Å². The highest BCUT2D eigenvalue weighted by Gasteiger charge is 2.31. The maximum Gasteiger partial charge on any atom is 0.0747 e. The Morgan fingerprint density at radius 1 is 0.789 bits per heavy atom. The lowest BCUT2D eigenvalue weighted by atomic mass is 10.1. The number of nitrogens with zero attached hydrogens (tertiary/aromatic N) is 1. The third-order valence-electron chi connectivity index (χ3n) is 3.84. The Morgan fingerprint density at radius 2 is 1.32 bits per heavy atom. The third kappa shape index (κ3) is 2.49. The van der Waals surface area contributed by atoms with Gasteiger partial charge < -0.3 is 10.0 Å². The highest BCUT2D eigenvalue weighted by Crippen LogP contribution is 2.34. The molecule has 2 nitrogen and oxygen atoms in total. The Hall–Kier alpha value is -1.80. The molecule has 2 heteroatoms. The van der Waals surface area contributed by atoms with Crippen LogP contribution in [0.15, 0.2) is 60.7 Å². The lowest BCUT2D eigenvalue weighted by Crippen LogP contribution is -2.37. The Morgan fingerprint density at radius 3 is 1.74 bits per heavy atom. The second-order valence-corrected chi connectivity index (χ2v) is 5.11. The fourth-order valence-corrected chi connectivity index (χ4v) is 2.93. The molecular weight excluding hydrogens is 234 g/mol. The molecule has 1 aliphatic rings. The van der Waals surface area contributed by atoms with Gasteiger partial charge >= 0.3 is 0 Å². The Kier molecular flexibility index (Phi) is 3.51. The lowest BCUT2D eigenvalue weighted by molar-refractivity contribution is 0.165. The van der Waals surface area contributed by atoms with Gasteiger partial charge in [-0.05, 0) is 43.5 Å². The van der Waals surface area contributed by atoms with Crippen molar-refractivity contribution in [1.82, 2.24) is 0 Å². The topological polar surface area (TPSA) is 23.5 Å². The number of rotatable bonds is 3. The van der Waals surface area contributed by atoms with E-state index in [1.807, 2.05) is 36.4 Å². The summed E-state index contributed by atoms with van der Waals surface area (Å²) < 4.78 is 0. The molecule has 1 fully saturated rings. The molecule has 0 aromatic heterocycles. The van der Waals surface area contributed by atoms with E-state index in [9.17, 15) is 5.11 Å². The summed E-state index contributed by atoms with van der Waals surface area (Å²) in [5.74, 6) is 0. The quantitative estimate of drug-likeness (QED) is 0.900. The van der Waals surface area contributed by atoms with Crippen LogP contribution in [0.4, 0.5) is 11.4 Å². The van der Waals surface area contributed by atoms with Gasteiger partial charge in [0.2, 0.25) is 0 Å².